The second-order valence-corrected chi connectivity index (χ2v) is 7.64. The van der Waals surface area contributed by atoms with E-state index in [2.05, 4.69) is 43.1 Å². The van der Waals surface area contributed by atoms with Crippen molar-refractivity contribution in [2.24, 2.45) is 0 Å². The molecule has 0 radical (unpaired) electrons. The molecule has 1 fully saturated rings. The summed E-state index contributed by atoms with van der Waals surface area (Å²) >= 11 is 0. The molecular weight excluding hydrogens is 350 g/mol. The second kappa shape index (κ2) is 10.9. The lowest BCUT2D eigenvalue weighted by Crippen LogP contribution is -2.44. The van der Waals surface area contributed by atoms with Crippen LogP contribution in [0.1, 0.15) is 52.9 Å². The number of carbonyl (C=O) groups excluding carboxylic acids is 1. The van der Waals surface area contributed by atoms with Crippen molar-refractivity contribution in [2.75, 3.05) is 26.9 Å². The molecular formula is C24H33NO3. The van der Waals surface area contributed by atoms with Crippen LogP contribution in [-0.2, 0) is 9.47 Å². The first-order valence-electron chi connectivity index (χ1n) is 10.2. The molecule has 152 valence electrons. The summed E-state index contributed by atoms with van der Waals surface area (Å²) in [4.78, 5) is 14.1. The van der Waals surface area contributed by atoms with Crippen molar-refractivity contribution in [3.63, 3.8) is 0 Å². The van der Waals surface area contributed by atoms with E-state index in [-0.39, 0.29) is 18.2 Å². The Bertz CT molecular complexity index is 729. The van der Waals surface area contributed by atoms with Gasteiger partial charge >= 0.3 is 6.09 Å². The Morgan fingerprint density at radius 2 is 2.14 bits per heavy atom. The van der Waals surface area contributed by atoms with Crippen LogP contribution in [-0.4, -0.2) is 43.4 Å². The molecule has 0 saturated carbocycles. The largest absolute Gasteiger partial charge is 0.447 e. The van der Waals surface area contributed by atoms with Crippen molar-refractivity contribution in [1.29, 1.82) is 0 Å². The van der Waals surface area contributed by atoms with Crippen LogP contribution in [0.3, 0.4) is 0 Å². The van der Waals surface area contributed by atoms with E-state index < -0.39 is 0 Å². The number of ether oxygens (including phenoxy) is 2. The first kappa shape index (κ1) is 22.0. The molecule has 1 heterocycles. The molecule has 0 aromatic rings. The maximum atomic E-state index is 12.3. The predicted octanol–water partition coefficient (Wildman–Crippen LogP) is 5.19. The van der Waals surface area contributed by atoms with Gasteiger partial charge in [0.1, 0.15) is 6.61 Å². The Morgan fingerprint density at radius 1 is 1.32 bits per heavy atom. The second-order valence-electron chi connectivity index (χ2n) is 7.64. The summed E-state index contributed by atoms with van der Waals surface area (Å²) in [6, 6.07) is 0. The van der Waals surface area contributed by atoms with Gasteiger partial charge in [0.2, 0.25) is 0 Å². The Morgan fingerprint density at radius 3 is 2.89 bits per heavy atom. The van der Waals surface area contributed by atoms with Gasteiger partial charge in [-0.1, -0.05) is 49.0 Å². The number of allylic oxidation sites excluding steroid dienone is 7. The molecule has 1 aliphatic heterocycles. The standard InChI is InChI=1S/C24H33NO3/c1-5-9-20-10-6-12-21(13-7-11-20)14-8-15-22-16-17-25(24(22,2)3)23(26)28-19-18-27-4/h6,10,12-13,15H,5,7,9,11,16-19H2,1-4H3/b12-6-,20-10-,21-13?,22-15+. The van der Waals surface area contributed by atoms with Gasteiger partial charge in [-0.15, -0.1) is 0 Å². The smallest absolute Gasteiger partial charge is 0.410 e. The Balaban J connectivity index is 2.01. The van der Waals surface area contributed by atoms with Crippen molar-refractivity contribution >= 4 is 6.09 Å². The zero-order valence-electron chi connectivity index (χ0n) is 17.7. The van der Waals surface area contributed by atoms with Gasteiger partial charge in [-0.3, -0.25) is 4.90 Å². The molecule has 0 bridgehead atoms. The highest BCUT2D eigenvalue weighted by Crippen LogP contribution is 2.34. The minimum atomic E-state index is -0.387. The van der Waals surface area contributed by atoms with Gasteiger partial charge < -0.3 is 9.47 Å². The van der Waals surface area contributed by atoms with Gasteiger partial charge in [0.05, 0.1) is 12.1 Å². The van der Waals surface area contributed by atoms with Gasteiger partial charge in [-0.25, -0.2) is 4.79 Å². The lowest BCUT2D eigenvalue weighted by Gasteiger charge is -2.31. The molecule has 0 atom stereocenters. The van der Waals surface area contributed by atoms with Gasteiger partial charge in [-0.2, -0.15) is 0 Å². The third-order valence-electron chi connectivity index (χ3n) is 5.27. The van der Waals surface area contributed by atoms with Crippen LogP contribution in [0.25, 0.3) is 0 Å². The summed E-state index contributed by atoms with van der Waals surface area (Å²) in [5, 5.41) is 0. The summed E-state index contributed by atoms with van der Waals surface area (Å²) in [5.41, 5.74) is 3.33. The van der Waals surface area contributed by atoms with Crippen LogP contribution in [0.2, 0.25) is 0 Å². The number of hydrogen-bond acceptors (Lipinski definition) is 3. The van der Waals surface area contributed by atoms with E-state index in [4.69, 9.17) is 9.47 Å². The highest BCUT2D eigenvalue weighted by Gasteiger charge is 2.40. The zero-order valence-corrected chi connectivity index (χ0v) is 17.7. The zero-order chi connectivity index (χ0) is 20.4. The molecule has 0 aromatic heterocycles. The number of methoxy groups -OCH3 is 1. The number of amides is 1. The molecule has 4 nitrogen and oxygen atoms in total. The summed E-state index contributed by atoms with van der Waals surface area (Å²) in [6.45, 7) is 7.64. The number of carbonyl (C=O) groups is 1. The Kier molecular flexibility index (Phi) is 8.60. The minimum absolute atomic E-state index is 0.273. The van der Waals surface area contributed by atoms with Gasteiger partial charge in [0.25, 0.3) is 0 Å². The quantitative estimate of drug-likeness (QED) is 0.485. The topological polar surface area (TPSA) is 38.8 Å². The van der Waals surface area contributed by atoms with Crippen LogP contribution < -0.4 is 0 Å². The minimum Gasteiger partial charge on any atom is -0.447 e. The SMILES string of the molecule is CCC/C1=C/C=C\C(C#C/C=C2\CCN(C(=O)OCCOC)C2(C)C)=CCC1. The molecule has 2 rings (SSSR count). The molecule has 0 spiro atoms. The van der Waals surface area contributed by atoms with E-state index >= 15 is 0 Å². The fourth-order valence-corrected chi connectivity index (χ4v) is 3.53. The molecule has 1 amide bonds. The highest BCUT2D eigenvalue weighted by molar-refractivity contribution is 5.70. The van der Waals surface area contributed by atoms with Crippen molar-refractivity contribution in [3.05, 3.63) is 47.1 Å². The molecule has 0 N–H and O–H groups in total. The van der Waals surface area contributed by atoms with Crippen LogP contribution in [0.4, 0.5) is 4.79 Å². The highest BCUT2D eigenvalue weighted by atomic mass is 16.6. The van der Waals surface area contributed by atoms with Crippen molar-refractivity contribution in [2.45, 2.75) is 58.4 Å². The van der Waals surface area contributed by atoms with Crippen molar-refractivity contribution in [1.82, 2.24) is 4.90 Å². The number of hydrogen-bond donors (Lipinski definition) is 0. The number of rotatable bonds is 5. The summed E-state index contributed by atoms with van der Waals surface area (Å²) in [5.74, 6) is 6.45. The summed E-state index contributed by atoms with van der Waals surface area (Å²) in [7, 11) is 1.59. The first-order valence-corrected chi connectivity index (χ1v) is 10.2. The Hall–Kier alpha value is -2.25. The van der Waals surface area contributed by atoms with Crippen LogP contribution in [0.15, 0.2) is 47.1 Å². The fraction of sp³-hybridized carbons (Fsp3) is 0.542. The van der Waals surface area contributed by atoms with E-state index in [0.717, 1.165) is 30.4 Å². The molecule has 4 heteroatoms. The molecule has 28 heavy (non-hydrogen) atoms. The normalized spacial score (nSPS) is 23.0. The monoisotopic (exact) mass is 383 g/mol. The van der Waals surface area contributed by atoms with E-state index in [1.807, 2.05) is 19.9 Å². The van der Waals surface area contributed by atoms with Crippen LogP contribution in [0.5, 0.6) is 0 Å². The lowest BCUT2D eigenvalue weighted by molar-refractivity contribution is 0.0610. The maximum Gasteiger partial charge on any atom is 0.410 e. The molecule has 1 aliphatic carbocycles. The lowest BCUT2D eigenvalue weighted by atomic mass is 9.95. The Labute approximate surface area is 170 Å². The maximum absolute atomic E-state index is 12.3. The van der Waals surface area contributed by atoms with Gasteiger partial charge in [0.15, 0.2) is 0 Å². The number of likely N-dealkylation sites (tertiary alicyclic amines) is 1. The summed E-state index contributed by atoms with van der Waals surface area (Å²) in [6.07, 6.45) is 15.6. The third-order valence-corrected chi connectivity index (χ3v) is 5.27. The predicted molar refractivity (Wildman–Crippen MR) is 114 cm³/mol. The summed E-state index contributed by atoms with van der Waals surface area (Å²) < 4.78 is 10.2. The van der Waals surface area contributed by atoms with Crippen molar-refractivity contribution < 1.29 is 14.3 Å². The van der Waals surface area contributed by atoms with Crippen molar-refractivity contribution in [3.8, 4) is 11.8 Å². The average molecular weight is 384 g/mol. The molecule has 0 unspecified atom stereocenters. The van der Waals surface area contributed by atoms with E-state index in [0.29, 0.717) is 13.2 Å². The fourth-order valence-electron chi connectivity index (χ4n) is 3.53. The van der Waals surface area contributed by atoms with E-state index in [1.165, 1.54) is 18.4 Å². The molecule has 1 saturated heterocycles. The number of nitrogens with zero attached hydrogens (tertiary/aromatic N) is 1. The van der Waals surface area contributed by atoms with Gasteiger partial charge in [0, 0.05) is 19.2 Å². The molecule has 2 aliphatic rings. The van der Waals surface area contributed by atoms with Gasteiger partial charge in [-0.05, 0) is 57.3 Å². The van der Waals surface area contributed by atoms with E-state index in [1.54, 1.807) is 12.0 Å². The van der Waals surface area contributed by atoms with Crippen LogP contribution in [0, 0.1) is 11.8 Å². The first-order chi connectivity index (χ1) is 13.5. The third kappa shape index (κ3) is 6.14. The van der Waals surface area contributed by atoms with Crippen LogP contribution >= 0.6 is 0 Å². The molecule has 0 aromatic carbocycles. The van der Waals surface area contributed by atoms with E-state index in [9.17, 15) is 4.79 Å². The average Bonchev–Trinajstić information content (AvgIpc) is 2.93.